The highest BCUT2D eigenvalue weighted by Crippen LogP contribution is 2.28. The molecule has 0 bridgehead atoms. The Morgan fingerprint density at radius 3 is 2.65 bits per heavy atom. The summed E-state index contributed by atoms with van der Waals surface area (Å²) in [6.45, 7) is 6.16. The summed E-state index contributed by atoms with van der Waals surface area (Å²) in [5.41, 5.74) is 3.33. The van der Waals surface area contributed by atoms with Gasteiger partial charge in [-0.2, -0.15) is 0 Å². The van der Waals surface area contributed by atoms with Crippen LogP contribution >= 0.6 is 0 Å². The van der Waals surface area contributed by atoms with Crippen LogP contribution in [0, 0.1) is 19.8 Å². The van der Waals surface area contributed by atoms with E-state index in [1.807, 2.05) is 26.1 Å². The maximum atomic E-state index is 5.48. The topological polar surface area (TPSA) is 38.2 Å². The molecular formula is C19H25N3O. The van der Waals surface area contributed by atoms with Crippen LogP contribution in [0.2, 0.25) is 0 Å². The highest BCUT2D eigenvalue weighted by molar-refractivity contribution is 5.43. The second-order valence-corrected chi connectivity index (χ2v) is 6.37. The quantitative estimate of drug-likeness (QED) is 0.865. The van der Waals surface area contributed by atoms with Crippen LogP contribution in [0.5, 0.6) is 5.75 Å². The van der Waals surface area contributed by atoms with Crippen molar-refractivity contribution < 1.29 is 4.74 Å². The molecule has 0 N–H and O–H groups in total. The molecule has 0 aliphatic carbocycles. The van der Waals surface area contributed by atoms with E-state index in [0.29, 0.717) is 5.92 Å². The predicted molar refractivity (Wildman–Crippen MR) is 93.1 cm³/mol. The molecule has 0 radical (unpaired) electrons. The largest absolute Gasteiger partial charge is 0.496 e. The van der Waals surface area contributed by atoms with E-state index < -0.39 is 0 Å². The lowest BCUT2D eigenvalue weighted by atomic mass is 9.90. The molecule has 0 atom stereocenters. The van der Waals surface area contributed by atoms with Gasteiger partial charge in [0.25, 0.3) is 0 Å². The molecular weight excluding hydrogens is 286 g/mol. The molecule has 0 spiro atoms. The average molecular weight is 311 g/mol. The molecule has 1 aromatic heterocycles. The fourth-order valence-corrected chi connectivity index (χ4v) is 3.36. The van der Waals surface area contributed by atoms with E-state index in [1.165, 1.54) is 18.4 Å². The Morgan fingerprint density at radius 1 is 1.17 bits per heavy atom. The number of rotatable bonds is 4. The van der Waals surface area contributed by atoms with Crippen molar-refractivity contribution in [3.63, 3.8) is 0 Å². The maximum absolute atomic E-state index is 5.48. The van der Waals surface area contributed by atoms with Gasteiger partial charge in [0.1, 0.15) is 11.6 Å². The number of piperidine rings is 1. The Labute approximate surface area is 138 Å². The Balaban J connectivity index is 1.63. The van der Waals surface area contributed by atoms with Crippen LogP contribution in [-0.2, 0) is 6.42 Å². The van der Waals surface area contributed by atoms with Gasteiger partial charge in [0, 0.05) is 19.3 Å². The number of para-hydroxylation sites is 1. The minimum Gasteiger partial charge on any atom is -0.496 e. The van der Waals surface area contributed by atoms with Crippen LogP contribution in [0.3, 0.4) is 0 Å². The molecule has 23 heavy (non-hydrogen) atoms. The molecule has 0 saturated carbocycles. The van der Waals surface area contributed by atoms with E-state index in [0.717, 1.165) is 42.5 Å². The van der Waals surface area contributed by atoms with Crippen molar-refractivity contribution in [1.82, 2.24) is 9.97 Å². The Hall–Kier alpha value is -2.10. The van der Waals surface area contributed by atoms with Gasteiger partial charge >= 0.3 is 0 Å². The second kappa shape index (κ2) is 6.99. The van der Waals surface area contributed by atoms with Crippen molar-refractivity contribution in [3.05, 3.63) is 47.4 Å². The zero-order chi connectivity index (χ0) is 16.2. The lowest BCUT2D eigenvalue weighted by Gasteiger charge is -2.33. The third kappa shape index (κ3) is 3.63. The fourth-order valence-electron chi connectivity index (χ4n) is 3.36. The molecule has 1 saturated heterocycles. The van der Waals surface area contributed by atoms with Crippen molar-refractivity contribution in [2.45, 2.75) is 33.1 Å². The summed E-state index contributed by atoms with van der Waals surface area (Å²) in [4.78, 5) is 11.5. The maximum Gasteiger partial charge on any atom is 0.150 e. The summed E-state index contributed by atoms with van der Waals surface area (Å²) >= 11 is 0. The number of hydrogen-bond donors (Lipinski definition) is 0. The highest BCUT2D eigenvalue weighted by atomic mass is 16.5. The van der Waals surface area contributed by atoms with E-state index in [4.69, 9.17) is 4.74 Å². The molecule has 0 amide bonds. The normalized spacial score (nSPS) is 15.7. The number of anilines is 1. The minimum absolute atomic E-state index is 0.709. The van der Waals surface area contributed by atoms with Crippen molar-refractivity contribution in [1.29, 1.82) is 0 Å². The van der Waals surface area contributed by atoms with E-state index in [9.17, 15) is 0 Å². The molecule has 122 valence electrons. The zero-order valence-electron chi connectivity index (χ0n) is 14.2. The molecule has 1 aliphatic heterocycles. The summed E-state index contributed by atoms with van der Waals surface area (Å²) in [7, 11) is 1.75. The zero-order valence-corrected chi connectivity index (χ0v) is 14.2. The van der Waals surface area contributed by atoms with E-state index in [1.54, 1.807) is 7.11 Å². The van der Waals surface area contributed by atoms with Gasteiger partial charge in [-0.1, -0.05) is 18.2 Å². The van der Waals surface area contributed by atoms with Gasteiger partial charge in [0.2, 0.25) is 0 Å². The molecule has 0 unspecified atom stereocenters. The average Bonchev–Trinajstić information content (AvgIpc) is 2.58. The third-order valence-corrected chi connectivity index (χ3v) is 4.67. The Morgan fingerprint density at radius 2 is 1.91 bits per heavy atom. The van der Waals surface area contributed by atoms with E-state index >= 15 is 0 Å². The molecule has 2 heterocycles. The first-order chi connectivity index (χ1) is 11.2. The van der Waals surface area contributed by atoms with Crippen molar-refractivity contribution in [2.75, 3.05) is 25.1 Å². The number of aryl methyl sites for hydroxylation is 2. The smallest absolute Gasteiger partial charge is 0.150 e. The summed E-state index contributed by atoms with van der Waals surface area (Å²) in [6, 6.07) is 8.36. The summed E-state index contributed by atoms with van der Waals surface area (Å²) in [5.74, 6) is 2.77. The summed E-state index contributed by atoms with van der Waals surface area (Å²) in [6.07, 6.45) is 5.31. The van der Waals surface area contributed by atoms with Gasteiger partial charge in [-0.15, -0.1) is 0 Å². The van der Waals surface area contributed by atoms with E-state index in [-0.39, 0.29) is 0 Å². The molecule has 1 aromatic carbocycles. The summed E-state index contributed by atoms with van der Waals surface area (Å²) < 4.78 is 5.48. The fraction of sp³-hybridized carbons (Fsp3) is 0.474. The Kier molecular flexibility index (Phi) is 4.79. The first-order valence-electron chi connectivity index (χ1n) is 8.34. The van der Waals surface area contributed by atoms with Crippen LogP contribution in [0.4, 0.5) is 5.82 Å². The van der Waals surface area contributed by atoms with Crippen molar-refractivity contribution in [2.24, 2.45) is 5.92 Å². The van der Waals surface area contributed by atoms with Gasteiger partial charge in [-0.3, -0.25) is 4.98 Å². The van der Waals surface area contributed by atoms with Crippen LogP contribution < -0.4 is 9.64 Å². The first kappa shape index (κ1) is 15.8. The van der Waals surface area contributed by atoms with Crippen LogP contribution in [0.1, 0.15) is 29.8 Å². The molecule has 4 nitrogen and oxygen atoms in total. The van der Waals surface area contributed by atoms with Crippen molar-refractivity contribution >= 4 is 5.82 Å². The predicted octanol–water partition coefficient (Wildman–Crippen LogP) is 3.56. The molecule has 2 aromatic rings. The van der Waals surface area contributed by atoms with Crippen molar-refractivity contribution in [3.8, 4) is 5.75 Å². The lowest BCUT2D eigenvalue weighted by Crippen LogP contribution is -2.35. The minimum atomic E-state index is 0.709. The monoisotopic (exact) mass is 311 g/mol. The number of hydrogen-bond acceptors (Lipinski definition) is 4. The Bertz CT molecular complexity index is 663. The van der Waals surface area contributed by atoms with Crippen LogP contribution in [-0.4, -0.2) is 30.2 Å². The number of nitrogens with zero attached hydrogens (tertiary/aromatic N) is 3. The van der Waals surface area contributed by atoms with Gasteiger partial charge in [-0.25, -0.2) is 4.98 Å². The third-order valence-electron chi connectivity index (χ3n) is 4.67. The standard InChI is InChI=1S/C19H25N3O/c1-14-13-20-15(2)19(21-14)22-10-8-16(9-11-22)12-17-6-4-5-7-18(17)23-3/h4-7,13,16H,8-12H2,1-3H3. The van der Waals surface area contributed by atoms with Gasteiger partial charge in [0.15, 0.2) is 0 Å². The van der Waals surface area contributed by atoms with E-state index in [2.05, 4.69) is 33.1 Å². The molecule has 1 fully saturated rings. The lowest BCUT2D eigenvalue weighted by molar-refractivity contribution is 0.380. The molecule has 1 aliphatic rings. The number of methoxy groups -OCH3 is 1. The number of aromatic nitrogens is 2. The van der Waals surface area contributed by atoms with Gasteiger partial charge in [-0.05, 0) is 50.7 Å². The van der Waals surface area contributed by atoms with Gasteiger partial charge in [0.05, 0.1) is 18.5 Å². The SMILES string of the molecule is COc1ccccc1CC1CCN(c2nc(C)cnc2C)CC1. The number of ether oxygens (including phenoxy) is 1. The first-order valence-corrected chi connectivity index (χ1v) is 8.34. The molecule has 3 rings (SSSR count). The summed E-state index contributed by atoms with van der Waals surface area (Å²) in [5, 5.41) is 0. The second-order valence-electron chi connectivity index (χ2n) is 6.37. The highest BCUT2D eigenvalue weighted by Gasteiger charge is 2.22. The van der Waals surface area contributed by atoms with Gasteiger partial charge < -0.3 is 9.64 Å². The van der Waals surface area contributed by atoms with Crippen LogP contribution in [0.25, 0.3) is 0 Å². The van der Waals surface area contributed by atoms with Crippen LogP contribution in [0.15, 0.2) is 30.5 Å². The molecule has 4 heteroatoms. The number of benzene rings is 1.